The third-order valence-corrected chi connectivity index (χ3v) is 2.60. The van der Waals surface area contributed by atoms with E-state index in [1.165, 1.54) is 0 Å². The molecule has 0 aliphatic carbocycles. The summed E-state index contributed by atoms with van der Waals surface area (Å²) in [4.78, 5) is 12.7. The molecule has 0 aromatic rings. The van der Waals surface area contributed by atoms with Crippen LogP contribution in [0.1, 0.15) is 13.3 Å². The van der Waals surface area contributed by atoms with Gasteiger partial charge in [-0.15, -0.1) is 0 Å². The lowest BCUT2D eigenvalue weighted by Gasteiger charge is -2.19. The number of likely N-dealkylation sites (tertiary alicyclic amines) is 1. The molecule has 0 saturated carbocycles. The van der Waals surface area contributed by atoms with Gasteiger partial charge in [0.2, 0.25) is 0 Å². The number of carbonyl (C=O) groups is 1. The van der Waals surface area contributed by atoms with Crippen LogP contribution in [0.2, 0.25) is 0 Å². The minimum absolute atomic E-state index is 0.274. The highest BCUT2D eigenvalue weighted by Crippen LogP contribution is 2.16. The van der Waals surface area contributed by atoms with Crippen molar-refractivity contribution >= 4 is 5.97 Å². The predicted octanol–water partition coefficient (Wildman–Crippen LogP) is -0.210. The summed E-state index contributed by atoms with van der Waals surface area (Å²) in [6.45, 7) is 4.59. The molecule has 0 aromatic heterocycles. The van der Waals surface area contributed by atoms with Crippen LogP contribution in [0.5, 0.6) is 0 Å². The van der Waals surface area contributed by atoms with Gasteiger partial charge in [0.1, 0.15) is 0 Å². The van der Waals surface area contributed by atoms with E-state index in [-0.39, 0.29) is 5.92 Å². The largest absolute Gasteiger partial charge is 0.481 e. The monoisotopic (exact) mass is 217 g/mol. The van der Waals surface area contributed by atoms with Gasteiger partial charge in [-0.1, -0.05) is 0 Å². The number of hydrogen-bond acceptors (Lipinski definition) is 4. The van der Waals surface area contributed by atoms with Crippen LogP contribution < -0.4 is 0 Å². The second kappa shape index (κ2) is 6.05. The van der Waals surface area contributed by atoms with Crippen molar-refractivity contribution in [2.45, 2.75) is 19.4 Å². The van der Waals surface area contributed by atoms with E-state index in [9.17, 15) is 9.90 Å². The maximum Gasteiger partial charge on any atom is 0.307 e. The summed E-state index contributed by atoms with van der Waals surface area (Å²) in [7, 11) is 0. The van der Waals surface area contributed by atoms with Gasteiger partial charge in [-0.25, -0.2) is 0 Å². The second-order valence-electron chi connectivity index (χ2n) is 3.90. The van der Waals surface area contributed by atoms with Gasteiger partial charge >= 0.3 is 5.97 Å². The summed E-state index contributed by atoms with van der Waals surface area (Å²) in [6.07, 6.45) is 0.161. The number of carboxylic acid groups (broad SMARTS) is 1. The number of aliphatic hydroxyl groups excluding tert-OH is 1. The average molecular weight is 217 g/mol. The van der Waals surface area contributed by atoms with Crippen molar-refractivity contribution in [2.24, 2.45) is 5.92 Å². The Morgan fingerprint density at radius 2 is 2.40 bits per heavy atom. The predicted molar refractivity (Wildman–Crippen MR) is 54.7 cm³/mol. The molecule has 1 heterocycles. The molecule has 0 bridgehead atoms. The Morgan fingerprint density at radius 1 is 1.67 bits per heavy atom. The maximum absolute atomic E-state index is 10.7. The molecule has 1 aliphatic heterocycles. The van der Waals surface area contributed by atoms with Crippen molar-refractivity contribution in [3.05, 3.63) is 0 Å². The molecule has 2 N–H and O–H groups in total. The van der Waals surface area contributed by atoms with Gasteiger partial charge in [-0.3, -0.25) is 9.69 Å². The maximum atomic E-state index is 10.7. The quantitative estimate of drug-likeness (QED) is 0.644. The fourth-order valence-corrected chi connectivity index (χ4v) is 1.80. The van der Waals surface area contributed by atoms with Crippen LogP contribution in [0.25, 0.3) is 0 Å². The second-order valence-corrected chi connectivity index (χ2v) is 3.90. The molecular formula is C10H19NO4. The summed E-state index contributed by atoms with van der Waals surface area (Å²) in [5.41, 5.74) is 0. The van der Waals surface area contributed by atoms with Crippen LogP contribution >= 0.6 is 0 Å². The zero-order chi connectivity index (χ0) is 11.3. The van der Waals surface area contributed by atoms with Crippen molar-refractivity contribution in [3.8, 4) is 0 Å². The number of β-amino-alcohol motifs (C(OH)–C–C–N with tert-alkyl or cyclic N) is 1. The fraction of sp³-hybridized carbons (Fsp3) is 0.900. The Bertz CT molecular complexity index is 210. The third kappa shape index (κ3) is 4.15. The van der Waals surface area contributed by atoms with Gasteiger partial charge in [0.15, 0.2) is 0 Å². The summed E-state index contributed by atoms with van der Waals surface area (Å²) in [5, 5.41) is 18.3. The minimum Gasteiger partial charge on any atom is -0.481 e. The lowest BCUT2D eigenvalue weighted by atomic mass is 10.1. The fourth-order valence-electron chi connectivity index (χ4n) is 1.80. The van der Waals surface area contributed by atoms with Gasteiger partial charge in [0.05, 0.1) is 18.6 Å². The lowest BCUT2D eigenvalue weighted by Crippen LogP contribution is -2.34. The van der Waals surface area contributed by atoms with E-state index < -0.39 is 12.1 Å². The number of carboxylic acids is 1. The SMILES string of the molecule is CCOCC(O)CN1CCC(C(=O)O)C1. The minimum atomic E-state index is -0.739. The Kier molecular flexibility index (Phi) is 5.01. The summed E-state index contributed by atoms with van der Waals surface area (Å²) in [6, 6.07) is 0. The summed E-state index contributed by atoms with van der Waals surface area (Å²) < 4.78 is 5.09. The first-order valence-electron chi connectivity index (χ1n) is 5.34. The first kappa shape index (κ1) is 12.4. The number of ether oxygens (including phenoxy) is 1. The van der Waals surface area contributed by atoms with E-state index in [2.05, 4.69) is 0 Å². The first-order chi connectivity index (χ1) is 7.13. The van der Waals surface area contributed by atoms with Crippen molar-refractivity contribution < 1.29 is 19.7 Å². The summed E-state index contributed by atoms with van der Waals surface area (Å²) >= 11 is 0. The molecule has 15 heavy (non-hydrogen) atoms. The highest BCUT2D eigenvalue weighted by atomic mass is 16.5. The molecule has 88 valence electrons. The van der Waals surface area contributed by atoms with E-state index in [1.807, 2.05) is 11.8 Å². The molecule has 1 saturated heterocycles. The van der Waals surface area contributed by atoms with Crippen molar-refractivity contribution in [1.82, 2.24) is 4.90 Å². The van der Waals surface area contributed by atoms with Crippen LogP contribution in [0.3, 0.4) is 0 Å². The molecule has 5 nitrogen and oxygen atoms in total. The van der Waals surface area contributed by atoms with Crippen molar-refractivity contribution in [3.63, 3.8) is 0 Å². The molecule has 0 spiro atoms. The average Bonchev–Trinajstić information content (AvgIpc) is 2.63. The molecule has 0 aromatic carbocycles. The van der Waals surface area contributed by atoms with Crippen molar-refractivity contribution in [2.75, 3.05) is 32.8 Å². The standard InChI is InChI=1S/C10H19NO4/c1-2-15-7-9(12)6-11-4-3-8(5-11)10(13)14/h8-9,12H,2-7H2,1H3,(H,13,14). The van der Waals surface area contributed by atoms with Gasteiger partial charge in [-0.05, 0) is 19.9 Å². The van der Waals surface area contributed by atoms with Gasteiger partial charge in [0.25, 0.3) is 0 Å². The van der Waals surface area contributed by atoms with E-state index in [1.54, 1.807) is 0 Å². The molecular weight excluding hydrogens is 198 g/mol. The van der Waals surface area contributed by atoms with Gasteiger partial charge in [0, 0.05) is 19.7 Å². The molecule has 0 amide bonds. The topological polar surface area (TPSA) is 70.0 Å². The highest BCUT2D eigenvalue weighted by Gasteiger charge is 2.28. The van der Waals surface area contributed by atoms with Gasteiger partial charge < -0.3 is 14.9 Å². The Balaban J connectivity index is 2.20. The van der Waals surface area contributed by atoms with E-state index in [4.69, 9.17) is 9.84 Å². The number of rotatable bonds is 6. The first-order valence-corrected chi connectivity index (χ1v) is 5.34. The van der Waals surface area contributed by atoms with Crippen molar-refractivity contribution in [1.29, 1.82) is 0 Å². The summed E-state index contributed by atoms with van der Waals surface area (Å²) in [5.74, 6) is -1.01. The van der Waals surface area contributed by atoms with E-state index in [0.29, 0.717) is 32.7 Å². The molecule has 2 atom stereocenters. The Labute approximate surface area is 89.6 Å². The van der Waals surface area contributed by atoms with Crippen LogP contribution in [-0.2, 0) is 9.53 Å². The van der Waals surface area contributed by atoms with E-state index >= 15 is 0 Å². The molecule has 0 radical (unpaired) electrons. The van der Waals surface area contributed by atoms with Crippen LogP contribution in [0.4, 0.5) is 0 Å². The van der Waals surface area contributed by atoms with E-state index in [0.717, 1.165) is 6.54 Å². The van der Waals surface area contributed by atoms with Crippen LogP contribution in [0.15, 0.2) is 0 Å². The molecule has 1 aliphatic rings. The van der Waals surface area contributed by atoms with Crippen LogP contribution in [0, 0.1) is 5.92 Å². The number of nitrogens with zero attached hydrogens (tertiary/aromatic N) is 1. The molecule has 1 fully saturated rings. The third-order valence-electron chi connectivity index (χ3n) is 2.60. The lowest BCUT2D eigenvalue weighted by molar-refractivity contribution is -0.141. The van der Waals surface area contributed by atoms with Crippen LogP contribution in [-0.4, -0.2) is 60.0 Å². The molecule has 1 rings (SSSR count). The van der Waals surface area contributed by atoms with Gasteiger partial charge in [-0.2, -0.15) is 0 Å². The highest BCUT2D eigenvalue weighted by molar-refractivity contribution is 5.70. The smallest absolute Gasteiger partial charge is 0.307 e. The Hall–Kier alpha value is -0.650. The number of aliphatic hydroxyl groups is 1. The zero-order valence-electron chi connectivity index (χ0n) is 9.06. The zero-order valence-corrected chi connectivity index (χ0v) is 9.06. The number of hydrogen-bond donors (Lipinski definition) is 2. The number of aliphatic carboxylic acids is 1. The molecule has 2 unspecified atom stereocenters. The normalized spacial score (nSPS) is 24.3. The molecule has 5 heteroatoms. The Morgan fingerprint density at radius 3 is 2.93 bits per heavy atom.